The Kier molecular flexibility index (Phi) is 42.7. The number of ether oxygens (including phenoxy) is 2. The van der Waals surface area contributed by atoms with Gasteiger partial charge in [-0.25, -0.2) is 0 Å². The van der Waals surface area contributed by atoms with Gasteiger partial charge in [-0.3, -0.25) is 0 Å². The van der Waals surface area contributed by atoms with Crippen LogP contribution in [-0.2, 0) is 9.47 Å². The average molecular weight is 673 g/mol. The summed E-state index contributed by atoms with van der Waals surface area (Å²) in [6.07, 6.45) is 53.0. The summed E-state index contributed by atoms with van der Waals surface area (Å²) in [6, 6.07) is 0. The Hall–Kier alpha value is -1.20. The molecule has 4 nitrogen and oxygen atoms in total. The summed E-state index contributed by atoms with van der Waals surface area (Å²) in [4.78, 5) is 0. The fourth-order valence-corrected chi connectivity index (χ4v) is 5.75. The summed E-state index contributed by atoms with van der Waals surface area (Å²) in [5, 5.41) is 3.62. The molecule has 0 radical (unpaired) electrons. The summed E-state index contributed by atoms with van der Waals surface area (Å²) in [5.41, 5.74) is 5.63. The van der Waals surface area contributed by atoms with E-state index in [-0.39, 0.29) is 6.10 Å². The maximum atomic E-state index is 6.30. The lowest BCUT2D eigenvalue weighted by Crippen LogP contribution is -2.34. The van der Waals surface area contributed by atoms with Gasteiger partial charge in [0.2, 0.25) is 0 Å². The Bertz CT molecular complexity index is 702. The van der Waals surface area contributed by atoms with Crippen molar-refractivity contribution in [3.63, 3.8) is 0 Å². The normalized spacial score (nSPS) is 13.0. The zero-order chi connectivity index (χ0) is 34.7. The van der Waals surface area contributed by atoms with E-state index in [1.54, 1.807) is 0 Å². The van der Waals surface area contributed by atoms with Gasteiger partial charge in [0.25, 0.3) is 0 Å². The molecule has 1 atom stereocenters. The second-order valence-electron chi connectivity index (χ2n) is 13.8. The molecule has 48 heavy (non-hydrogen) atoms. The molecule has 0 heterocycles. The van der Waals surface area contributed by atoms with Gasteiger partial charge < -0.3 is 20.5 Å². The van der Waals surface area contributed by atoms with Crippen molar-refractivity contribution in [3.05, 3.63) is 48.6 Å². The van der Waals surface area contributed by atoms with Crippen molar-refractivity contribution in [3.8, 4) is 0 Å². The van der Waals surface area contributed by atoms with Crippen LogP contribution in [0.1, 0.15) is 187 Å². The van der Waals surface area contributed by atoms with Gasteiger partial charge >= 0.3 is 0 Å². The molecule has 0 rings (SSSR count). The molecule has 0 aromatic carbocycles. The number of hydrogen-bond donors (Lipinski definition) is 2. The van der Waals surface area contributed by atoms with Crippen LogP contribution in [-0.4, -0.2) is 45.6 Å². The quantitative estimate of drug-likeness (QED) is 0.0502. The molecule has 0 aromatic rings. The average Bonchev–Trinajstić information content (AvgIpc) is 3.10. The largest absolute Gasteiger partial charge is 0.379 e. The van der Waals surface area contributed by atoms with Gasteiger partial charge in [-0.2, -0.15) is 0 Å². The van der Waals surface area contributed by atoms with Crippen molar-refractivity contribution >= 4 is 0 Å². The van der Waals surface area contributed by atoms with E-state index >= 15 is 0 Å². The zero-order valence-corrected chi connectivity index (χ0v) is 32.4. The van der Waals surface area contributed by atoms with Gasteiger partial charge in [0, 0.05) is 19.8 Å². The van der Waals surface area contributed by atoms with Crippen LogP contribution in [0.5, 0.6) is 0 Å². The smallest absolute Gasteiger partial charge is 0.0932 e. The molecule has 0 aromatic heterocycles. The molecule has 0 bridgehead atoms. The molecule has 4 heteroatoms. The van der Waals surface area contributed by atoms with Gasteiger partial charge in [-0.1, -0.05) is 146 Å². The lowest BCUT2D eigenvalue weighted by molar-refractivity contribution is -0.0175. The molecule has 282 valence electrons. The maximum absolute atomic E-state index is 6.30. The van der Waals surface area contributed by atoms with Crippen LogP contribution in [0.15, 0.2) is 48.6 Å². The van der Waals surface area contributed by atoms with Crippen molar-refractivity contribution in [2.45, 2.75) is 193 Å². The Morgan fingerprint density at radius 3 is 1.44 bits per heavy atom. The molecule has 0 amide bonds. The molecular formula is C44H84N2O2. The molecule has 0 saturated heterocycles. The van der Waals surface area contributed by atoms with E-state index in [0.29, 0.717) is 6.61 Å². The van der Waals surface area contributed by atoms with E-state index in [4.69, 9.17) is 15.2 Å². The number of unbranched alkanes of at least 4 members (excludes halogenated alkanes) is 20. The highest BCUT2D eigenvalue weighted by molar-refractivity contribution is 4.93. The van der Waals surface area contributed by atoms with Crippen LogP contribution in [0.3, 0.4) is 0 Å². The predicted molar refractivity (Wildman–Crippen MR) is 215 cm³/mol. The molecule has 0 spiro atoms. The number of hydrogen-bond acceptors (Lipinski definition) is 4. The number of nitrogens with one attached hydrogen (secondary N) is 1. The van der Waals surface area contributed by atoms with Crippen LogP contribution in [0.25, 0.3) is 0 Å². The molecule has 1 unspecified atom stereocenters. The standard InChI is InChI=1S/C44H84N2O2/c1-3-5-7-9-11-13-15-17-19-21-22-24-26-28-32-36-40-47-43-44(42-46-39-35-31-30-34-38-45)48-41-37-33-29-27-25-23-20-18-16-14-12-10-8-6-4-2/h11-14,17-20,44,46H,3-10,15-16,21-43,45H2,1-2H3/b13-11-,14-12-,19-17-,20-18-. The first kappa shape index (κ1) is 46.8. The van der Waals surface area contributed by atoms with Crippen LogP contribution in [0.4, 0.5) is 0 Å². The fraction of sp³-hybridized carbons (Fsp3) is 0.818. The van der Waals surface area contributed by atoms with Gasteiger partial charge in [0.1, 0.15) is 0 Å². The zero-order valence-electron chi connectivity index (χ0n) is 32.4. The van der Waals surface area contributed by atoms with Crippen molar-refractivity contribution in [1.29, 1.82) is 0 Å². The Morgan fingerprint density at radius 1 is 0.479 bits per heavy atom. The fourth-order valence-electron chi connectivity index (χ4n) is 5.75. The van der Waals surface area contributed by atoms with E-state index in [1.165, 1.54) is 141 Å². The minimum atomic E-state index is 0.157. The maximum Gasteiger partial charge on any atom is 0.0932 e. The summed E-state index contributed by atoms with van der Waals surface area (Å²) in [7, 11) is 0. The van der Waals surface area contributed by atoms with E-state index in [9.17, 15) is 0 Å². The molecule has 0 aliphatic rings. The van der Waals surface area contributed by atoms with Crippen molar-refractivity contribution in [1.82, 2.24) is 5.32 Å². The topological polar surface area (TPSA) is 56.5 Å². The van der Waals surface area contributed by atoms with Crippen LogP contribution in [0, 0.1) is 0 Å². The van der Waals surface area contributed by atoms with Crippen LogP contribution >= 0.6 is 0 Å². The Labute approximate surface area is 301 Å². The first-order valence-electron chi connectivity index (χ1n) is 21.0. The third kappa shape index (κ3) is 41.0. The van der Waals surface area contributed by atoms with Gasteiger partial charge in [-0.15, -0.1) is 0 Å². The Balaban J connectivity index is 3.89. The van der Waals surface area contributed by atoms with Crippen molar-refractivity contribution in [2.24, 2.45) is 5.73 Å². The van der Waals surface area contributed by atoms with Crippen molar-refractivity contribution < 1.29 is 9.47 Å². The summed E-state index contributed by atoms with van der Waals surface area (Å²) < 4.78 is 12.4. The van der Waals surface area contributed by atoms with Gasteiger partial charge in [0.05, 0.1) is 12.7 Å². The highest BCUT2D eigenvalue weighted by atomic mass is 16.5. The number of nitrogens with two attached hydrogens (primary N) is 1. The monoisotopic (exact) mass is 673 g/mol. The van der Waals surface area contributed by atoms with E-state index in [2.05, 4.69) is 67.8 Å². The lowest BCUT2D eigenvalue weighted by Gasteiger charge is -2.19. The van der Waals surface area contributed by atoms with E-state index in [1.807, 2.05) is 0 Å². The number of allylic oxidation sites excluding steroid dienone is 8. The molecule has 0 aliphatic carbocycles. The van der Waals surface area contributed by atoms with E-state index in [0.717, 1.165) is 65.0 Å². The second kappa shape index (κ2) is 43.8. The van der Waals surface area contributed by atoms with Crippen LogP contribution in [0.2, 0.25) is 0 Å². The SMILES string of the molecule is CCCCC/C=C\C/C=C\CCCCCCCCOCC(CNCCCCCCN)OCCCCCCC/C=C\C/C=C\CCCCC. The predicted octanol–water partition coefficient (Wildman–Crippen LogP) is 12.7. The number of rotatable bonds is 40. The first-order chi connectivity index (χ1) is 23.8. The third-order valence-electron chi connectivity index (χ3n) is 8.92. The third-order valence-corrected chi connectivity index (χ3v) is 8.92. The summed E-state index contributed by atoms with van der Waals surface area (Å²) in [6.45, 7) is 9.70. The highest BCUT2D eigenvalue weighted by Gasteiger charge is 2.09. The summed E-state index contributed by atoms with van der Waals surface area (Å²) in [5.74, 6) is 0. The molecule has 0 aliphatic heterocycles. The molecular weight excluding hydrogens is 588 g/mol. The molecule has 0 fully saturated rings. The minimum absolute atomic E-state index is 0.157. The van der Waals surface area contributed by atoms with Gasteiger partial charge in [-0.05, 0) is 103 Å². The van der Waals surface area contributed by atoms with Crippen molar-refractivity contribution in [2.75, 3.05) is 39.5 Å². The second-order valence-corrected chi connectivity index (χ2v) is 13.8. The molecule has 0 saturated carbocycles. The van der Waals surface area contributed by atoms with E-state index < -0.39 is 0 Å². The summed E-state index contributed by atoms with van der Waals surface area (Å²) >= 11 is 0. The molecule has 3 N–H and O–H groups in total. The first-order valence-corrected chi connectivity index (χ1v) is 21.0. The lowest BCUT2D eigenvalue weighted by atomic mass is 10.1. The Morgan fingerprint density at radius 2 is 0.917 bits per heavy atom. The minimum Gasteiger partial charge on any atom is -0.379 e. The van der Waals surface area contributed by atoms with Gasteiger partial charge in [0.15, 0.2) is 0 Å². The highest BCUT2D eigenvalue weighted by Crippen LogP contribution is 2.10. The van der Waals surface area contributed by atoms with Crippen LogP contribution < -0.4 is 11.1 Å².